The minimum absolute atomic E-state index is 0.126. The lowest BCUT2D eigenvalue weighted by molar-refractivity contribution is 0.530. The highest BCUT2D eigenvalue weighted by Gasteiger charge is 2.21. The van der Waals surface area contributed by atoms with Gasteiger partial charge < -0.3 is 0 Å². The normalized spacial score (nSPS) is 13.5. The van der Waals surface area contributed by atoms with E-state index in [0.717, 1.165) is 16.7 Å². The highest BCUT2D eigenvalue weighted by atomic mass is 32.2. The fraction of sp³-hybridized carbons (Fsp3) is 0.438. The second-order valence-electron chi connectivity index (χ2n) is 5.95. The van der Waals surface area contributed by atoms with E-state index in [-0.39, 0.29) is 17.0 Å². The van der Waals surface area contributed by atoms with Crippen LogP contribution in [0.5, 0.6) is 0 Å². The molecular weight excluding hydrogens is 298 g/mol. The Morgan fingerprint density at radius 1 is 1.18 bits per heavy atom. The molecule has 22 heavy (non-hydrogen) atoms. The average molecular weight is 321 g/mol. The minimum atomic E-state index is -3.58. The van der Waals surface area contributed by atoms with Crippen molar-refractivity contribution in [2.75, 3.05) is 0 Å². The third-order valence-electron chi connectivity index (χ3n) is 3.64. The number of aromatic nitrogens is 2. The predicted octanol–water partition coefficient (Wildman–Crippen LogP) is 3.12. The summed E-state index contributed by atoms with van der Waals surface area (Å²) in [6.07, 6.45) is 2.94. The monoisotopic (exact) mass is 321 g/mol. The number of nitrogens with zero attached hydrogens (tertiary/aromatic N) is 2. The van der Waals surface area contributed by atoms with E-state index in [1.54, 1.807) is 10.9 Å². The van der Waals surface area contributed by atoms with Gasteiger partial charge in [-0.3, -0.25) is 4.68 Å². The van der Waals surface area contributed by atoms with Gasteiger partial charge in [0.25, 0.3) is 0 Å². The van der Waals surface area contributed by atoms with Crippen molar-refractivity contribution in [1.82, 2.24) is 14.5 Å². The largest absolute Gasteiger partial charge is 0.269 e. The number of benzene rings is 1. The number of nitrogens with one attached hydrogen (secondary N) is 1. The molecule has 0 aliphatic heterocycles. The van der Waals surface area contributed by atoms with Crippen LogP contribution in [-0.2, 0) is 10.0 Å². The van der Waals surface area contributed by atoms with Crippen LogP contribution in [-0.4, -0.2) is 18.2 Å². The highest BCUT2D eigenvalue weighted by Crippen LogP contribution is 2.21. The van der Waals surface area contributed by atoms with Crippen molar-refractivity contribution in [2.45, 2.75) is 51.6 Å². The van der Waals surface area contributed by atoms with Crippen LogP contribution in [0.15, 0.2) is 35.5 Å². The molecule has 0 amide bonds. The van der Waals surface area contributed by atoms with E-state index in [1.165, 1.54) is 6.20 Å². The van der Waals surface area contributed by atoms with Gasteiger partial charge in [0.15, 0.2) is 0 Å². The van der Waals surface area contributed by atoms with E-state index in [4.69, 9.17) is 0 Å². The first-order chi connectivity index (χ1) is 10.2. The maximum Gasteiger partial charge on any atom is 0.244 e. The summed E-state index contributed by atoms with van der Waals surface area (Å²) in [6, 6.07) is 5.84. The molecule has 0 aliphatic carbocycles. The molecule has 2 aromatic rings. The molecule has 0 saturated carbocycles. The molecule has 1 atom stereocenters. The van der Waals surface area contributed by atoms with Gasteiger partial charge in [-0.1, -0.05) is 23.8 Å². The highest BCUT2D eigenvalue weighted by molar-refractivity contribution is 7.89. The molecule has 1 N–H and O–H groups in total. The molecule has 0 spiro atoms. The van der Waals surface area contributed by atoms with Crippen LogP contribution in [0.2, 0.25) is 0 Å². The van der Waals surface area contributed by atoms with Crippen molar-refractivity contribution in [2.24, 2.45) is 0 Å². The topological polar surface area (TPSA) is 64.0 Å². The Balaban J connectivity index is 2.23. The molecule has 1 aromatic carbocycles. The van der Waals surface area contributed by atoms with Crippen LogP contribution in [0.25, 0.3) is 0 Å². The van der Waals surface area contributed by atoms with Crippen molar-refractivity contribution < 1.29 is 8.42 Å². The van der Waals surface area contributed by atoms with E-state index in [9.17, 15) is 8.42 Å². The van der Waals surface area contributed by atoms with E-state index >= 15 is 0 Å². The Hall–Kier alpha value is -1.66. The smallest absolute Gasteiger partial charge is 0.244 e. The van der Waals surface area contributed by atoms with Crippen molar-refractivity contribution in [1.29, 1.82) is 0 Å². The Morgan fingerprint density at radius 2 is 1.86 bits per heavy atom. The first kappa shape index (κ1) is 16.7. The summed E-state index contributed by atoms with van der Waals surface area (Å²) < 4.78 is 29.3. The van der Waals surface area contributed by atoms with Gasteiger partial charge in [0, 0.05) is 18.3 Å². The summed E-state index contributed by atoms with van der Waals surface area (Å²) in [5, 5.41) is 4.09. The second kappa shape index (κ2) is 6.22. The Bertz CT molecular complexity index is 763. The molecule has 0 unspecified atom stereocenters. The lowest BCUT2D eigenvalue weighted by atomic mass is 10.0. The number of hydrogen-bond acceptors (Lipinski definition) is 3. The molecule has 0 bridgehead atoms. The summed E-state index contributed by atoms with van der Waals surface area (Å²) in [4.78, 5) is 0.192. The summed E-state index contributed by atoms with van der Waals surface area (Å²) in [5.41, 5.74) is 3.22. The van der Waals surface area contributed by atoms with Crippen LogP contribution < -0.4 is 4.72 Å². The molecule has 120 valence electrons. The summed E-state index contributed by atoms with van der Waals surface area (Å²) in [7, 11) is -3.58. The first-order valence-electron chi connectivity index (χ1n) is 7.34. The SMILES string of the molecule is Cc1ccc([C@H](C)NS(=O)(=O)c2cnn(C(C)C)c2)c(C)c1. The molecule has 5 nitrogen and oxygen atoms in total. The number of aryl methyl sites for hydroxylation is 2. The molecular formula is C16H23N3O2S. The fourth-order valence-electron chi connectivity index (χ4n) is 2.42. The van der Waals surface area contributed by atoms with Crippen molar-refractivity contribution in [3.8, 4) is 0 Å². The van der Waals surface area contributed by atoms with Crippen LogP contribution in [0.3, 0.4) is 0 Å². The van der Waals surface area contributed by atoms with Crippen LogP contribution in [0.1, 0.15) is 49.5 Å². The van der Waals surface area contributed by atoms with Crippen molar-refractivity contribution in [3.05, 3.63) is 47.3 Å². The average Bonchev–Trinajstić information content (AvgIpc) is 2.88. The molecule has 0 radical (unpaired) electrons. The molecule has 0 aliphatic rings. The Morgan fingerprint density at radius 3 is 2.41 bits per heavy atom. The first-order valence-corrected chi connectivity index (χ1v) is 8.82. The minimum Gasteiger partial charge on any atom is -0.269 e. The van der Waals surface area contributed by atoms with E-state index in [1.807, 2.05) is 46.8 Å². The number of sulfonamides is 1. The second-order valence-corrected chi connectivity index (χ2v) is 7.67. The number of rotatable bonds is 5. The third kappa shape index (κ3) is 3.56. The third-order valence-corrected chi connectivity index (χ3v) is 5.14. The zero-order valence-corrected chi connectivity index (χ0v) is 14.5. The summed E-state index contributed by atoms with van der Waals surface area (Å²) in [5.74, 6) is 0. The van der Waals surface area contributed by atoms with Gasteiger partial charge in [0.05, 0.1) is 6.20 Å². The van der Waals surface area contributed by atoms with Crippen molar-refractivity contribution >= 4 is 10.0 Å². The molecule has 6 heteroatoms. The predicted molar refractivity (Wildman–Crippen MR) is 87.3 cm³/mol. The van der Waals surface area contributed by atoms with Gasteiger partial charge in [-0.05, 0) is 45.7 Å². The summed E-state index contributed by atoms with van der Waals surface area (Å²) in [6.45, 7) is 9.77. The maximum absolute atomic E-state index is 12.5. The molecule has 1 aromatic heterocycles. The molecule has 0 fully saturated rings. The molecule has 0 saturated heterocycles. The van der Waals surface area contributed by atoms with E-state index in [0.29, 0.717) is 0 Å². The summed E-state index contributed by atoms with van der Waals surface area (Å²) >= 11 is 0. The number of hydrogen-bond donors (Lipinski definition) is 1. The van der Waals surface area contributed by atoms with Crippen LogP contribution in [0, 0.1) is 13.8 Å². The lowest BCUT2D eigenvalue weighted by Gasteiger charge is -2.16. The van der Waals surface area contributed by atoms with Gasteiger partial charge >= 0.3 is 0 Å². The maximum atomic E-state index is 12.5. The van der Waals surface area contributed by atoms with Crippen LogP contribution in [0.4, 0.5) is 0 Å². The van der Waals surface area contributed by atoms with Gasteiger partial charge in [0.1, 0.15) is 4.90 Å². The van der Waals surface area contributed by atoms with Gasteiger partial charge in [-0.25, -0.2) is 13.1 Å². The Labute approximate surface area is 132 Å². The van der Waals surface area contributed by atoms with Gasteiger partial charge in [0.2, 0.25) is 10.0 Å². The van der Waals surface area contributed by atoms with E-state index < -0.39 is 10.0 Å². The standard InChI is InChI=1S/C16H23N3O2S/c1-11(2)19-10-15(9-17-19)22(20,21)18-14(5)16-7-6-12(3)8-13(16)4/h6-11,14,18H,1-5H3/t14-/m0/s1. The molecule has 2 rings (SSSR count). The van der Waals surface area contributed by atoms with E-state index in [2.05, 4.69) is 15.9 Å². The zero-order chi connectivity index (χ0) is 16.5. The van der Waals surface area contributed by atoms with Crippen LogP contribution >= 0.6 is 0 Å². The quantitative estimate of drug-likeness (QED) is 0.920. The van der Waals surface area contributed by atoms with Gasteiger partial charge in [-0.15, -0.1) is 0 Å². The zero-order valence-electron chi connectivity index (χ0n) is 13.7. The fourth-order valence-corrected chi connectivity index (χ4v) is 3.58. The van der Waals surface area contributed by atoms with Gasteiger partial charge in [-0.2, -0.15) is 5.10 Å². The Kier molecular flexibility index (Phi) is 4.72. The lowest BCUT2D eigenvalue weighted by Crippen LogP contribution is -2.27. The molecule has 1 heterocycles. The van der Waals surface area contributed by atoms with Crippen molar-refractivity contribution in [3.63, 3.8) is 0 Å².